The maximum atomic E-state index is 11.9. The number of nitrogens with zero attached hydrogens (tertiary/aromatic N) is 1. The molecule has 0 aliphatic heterocycles. The summed E-state index contributed by atoms with van der Waals surface area (Å²) in [5.74, 6) is 0.0109. The summed E-state index contributed by atoms with van der Waals surface area (Å²) in [5, 5.41) is 0. The highest BCUT2D eigenvalue weighted by Gasteiger charge is 2.47. The van der Waals surface area contributed by atoms with Crippen molar-refractivity contribution < 1.29 is 9.53 Å². The van der Waals surface area contributed by atoms with Crippen LogP contribution in [0.1, 0.15) is 38.3 Å². The molecule has 2 rings (SSSR count). The van der Waals surface area contributed by atoms with Crippen LogP contribution in [-0.2, 0) is 14.9 Å². The van der Waals surface area contributed by atoms with Crippen molar-refractivity contribution in [3.05, 3.63) is 71.8 Å². The van der Waals surface area contributed by atoms with E-state index in [1.54, 1.807) is 0 Å². The smallest absolute Gasteiger partial charge is 0.302 e. The van der Waals surface area contributed by atoms with Crippen molar-refractivity contribution in [2.75, 3.05) is 20.6 Å². The Hall–Kier alpha value is -2.13. The van der Waals surface area contributed by atoms with Crippen LogP contribution in [0.4, 0.5) is 0 Å². The first kappa shape index (κ1) is 20.2. The first-order valence-electron chi connectivity index (χ1n) is 9.35. The molecule has 2 atom stereocenters. The molecule has 0 saturated carbocycles. The second-order valence-electron chi connectivity index (χ2n) is 7.27. The molecule has 3 heteroatoms. The number of benzene rings is 2. The standard InChI is InChI=1S/C23H31NO2/c1-6-22(26-19(3)25)23(18(2)17-24(4)5,20-13-9-7-10-14-20)21-15-11-8-12-16-21/h7-16,18,22H,6,17H2,1-5H3. The summed E-state index contributed by atoms with van der Waals surface area (Å²) in [6.07, 6.45) is 0.515. The van der Waals surface area contributed by atoms with Crippen molar-refractivity contribution in [3.63, 3.8) is 0 Å². The van der Waals surface area contributed by atoms with Gasteiger partial charge in [0.25, 0.3) is 0 Å². The van der Waals surface area contributed by atoms with Crippen LogP contribution in [0, 0.1) is 5.92 Å². The molecule has 0 fully saturated rings. The Morgan fingerprint density at radius 1 is 1.00 bits per heavy atom. The molecule has 0 bridgehead atoms. The third kappa shape index (κ3) is 4.16. The van der Waals surface area contributed by atoms with Crippen LogP contribution in [0.15, 0.2) is 60.7 Å². The van der Waals surface area contributed by atoms with Crippen molar-refractivity contribution in [1.29, 1.82) is 0 Å². The van der Waals surface area contributed by atoms with Gasteiger partial charge in [0.05, 0.1) is 5.41 Å². The van der Waals surface area contributed by atoms with Gasteiger partial charge in [-0.15, -0.1) is 0 Å². The third-order valence-corrected chi connectivity index (χ3v) is 5.11. The van der Waals surface area contributed by atoms with E-state index >= 15 is 0 Å². The van der Waals surface area contributed by atoms with Gasteiger partial charge in [0.15, 0.2) is 0 Å². The molecule has 0 amide bonds. The van der Waals surface area contributed by atoms with Crippen LogP contribution in [0.5, 0.6) is 0 Å². The number of esters is 1. The summed E-state index contributed by atoms with van der Waals surface area (Å²) in [4.78, 5) is 14.1. The van der Waals surface area contributed by atoms with E-state index in [0.29, 0.717) is 0 Å². The fourth-order valence-electron chi connectivity index (χ4n) is 4.24. The zero-order chi connectivity index (χ0) is 19.2. The lowest BCUT2D eigenvalue weighted by molar-refractivity contribution is -0.150. The Bertz CT molecular complexity index is 642. The van der Waals surface area contributed by atoms with E-state index in [2.05, 4.69) is 81.4 Å². The van der Waals surface area contributed by atoms with Gasteiger partial charge in [-0.05, 0) is 37.6 Å². The summed E-state index contributed by atoms with van der Waals surface area (Å²) >= 11 is 0. The fourth-order valence-corrected chi connectivity index (χ4v) is 4.24. The molecular formula is C23H31NO2. The van der Waals surface area contributed by atoms with Gasteiger partial charge in [-0.2, -0.15) is 0 Å². The summed E-state index contributed by atoms with van der Waals surface area (Å²) in [6.45, 7) is 6.74. The number of hydrogen-bond donors (Lipinski definition) is 0. The SMILES string of the molecule is CCC(OC(C)=O)C(c1ccccc1)(c1ccccc1)C(C)CN(C)C. The monoisotopic (exact) mass is 353 g/mol. The minimum atomic E-state index is -0.410. The molecule has 0 saturated heterocycles. The third-order valence-electron chi connectivity index (χ3n) is 5.11. The van der Waals surface area contributed by atoms with Gasteiger partial charge in [-0.25, -0.2) is 0 Å². The molecule has 0 aromatic heterocycles. The van der Waals surface area contributed by atoms with Crippen molar-refractivity contribution in [1.82, 2.24) is 4.90 Å². The van der Waals surface area contributed by atoms with E-state index < -0.39 is 5.41 Å². The number of rotatable bonds is 8. The molecule has 0 spiro atoms. The first-order chi connectivity index (χ1) is 12.4. The van der Waals surface area contributed by atoms with Crippen molar-refractivity contribution in [3.8, 4) is 0 Å². The van der Waals surface area contributed by atoms with Gasteiger partial charge in [0.2, 0.25) is 0 Å². The van der Waals surface area contributed by atoms with Gasteiger partial charge in [-0.1, -0.05) is 74.5 Å². The molecule has 0 aliphatic carbocycles. The molecule has 0 N–H and O–H groups in total. The number of carbonyl (C=O) groups excluding carboxylic acids is 1. The lowest BCUT2D eigenvalue weighted by atomic mass is 9.62. The Morgan fingerprint density at radius 2 is 1.46 bits per heavy atom. The van der Waals surface area contributed by atoms with E-state index in [1.807, 2.05) is 12.1 Å². The average molecular weight is 354 g/mol. The zero-order valence-corrected chi connectivity index (χ0v) is 16.6. The molecule has 0 heterocycles. The zero-order valence-electron chi connectivity index (χ0n) is 16.6. The highest BCUT2D eigenvalue weighted by molar-refractivity contribution is 5.66. The highest BCUT2D eigenvalue weighted by atomic mass is 16.5. The lowest BCUT2D eigenvalue weighted by Crippen LogP contribution is -2.50. The van der Waals surface area contributed by atoms with Gasteiger partial charge in [0, 0.05) is 13.5 Å². The van der Waals surface area contributed by atoms with Crippen molar-refractivity contribution in [2.45, 2.75) is 38.7 Å². The van der Waals surface area contributed by atoms with Gasteiger partial charge >= 0.3 is 5.97 Å². The Kier molecular flexibility index (Phi) is 6.98. The van der Waals surface area contributed by atoms with E-state index in [9.17, 15) is 4.79 Å². The summed E-state index contributed by atoms with van der Waals surface area (Å²) < 4.78 is 5.92. The summed E-state index contributed by atoms with van der Waals surface area (Å²) in [6, 6.07) is 21.0. The quantitative estimate of drug-likeness (QED) is 0.654. The van der Waals surface area contributed by atoms with Gasteiger partial charge < -0.3 is 9.64 Å². The predicted molar refractivity (Wildman–Crippen MR) is 107 cm³/mol. The van der Waals surface area contributed by atoms with Crippen LogP contribution < -0.4 is 0 Å². The molecule has 2 unspecified atom stereocenters. The van der Waals surface area contributed by atoms with E-state index in [0.717, 1.165) is 13.0 Å². The van der Waals surface area contributed by atoms with Crippen LogP contribution in [0.25, 0.3) is 0 Å². The number of ether oxygens (including phenoxy) is 1. The maximum Gasteiger partial charge on any atom is 0.302 e. The van der Waals surface area contributed by atoms with Crippen molar-refractivity contribution in [2.24, 2.45) is 5.92 Å². The van der Waals surface area contributed by atoms with Crippen LogP contribution in [0.3, 0.4) is 0 Å². The second kappa shape index (κ2) is 9.00. The van der Waals surface area contributed by atoms with E-state index in [-0.39, 0.29) is 18.0 Å². The molecule has 26 heavy (non-hydrogen) atoms. The molecular weight excluding hydrogens is 322 g/mol. The van der Waals surface area contributed by atoms with Crippen LogP contribution in [-0.4, -0.2) is 37.6 Å². The Morgan fingerprint density at radius 3 is 1.81 bits per heavy atom. The van der Waals surface area contributed by atoms with Crippen LogP contribution >= 0.6 is 0 Å². The fraction of sp³-hybridized carbons (Fsp3) is 0.435. The van der Waals surface area contributed by atoms with E-state index in [1.165, 1.54) is 18.1 Å². The average Bonchev–Trinajstić information content (AvgIpc) is 2.62. The highest BCUT2D eigenvalue weighted by Crippen LogP contribution is 2.45. The second-order valence-corrected chi connectivity index (χ2v) is 7.27. The van der Waals surface area contributed by atoms with E-state index in [4.69, 9.17) is 4.74 Å². The molecule has 2 aromatic carbocycles. The number of hydrogen-bond acceptors (Lipinski definition) is 3. The topological polar surface area (TPSA) is 29.5 Å². The Balaban J connectivity index is 2.76. The minimum Gasteiger partial charge on any atom is -0.461 e. The van der Waals surface area contributed by atoms with Gasteiger partial charge in [0.1, 0.15) is 6.10 Å². The summed E-state index contributed by atoms with van der Waals surface area (Å²) in [5.41, 5.74) is 1.97. The number of carbonyl (C=O) groups is 1. The van der Waals surface area contributed by atoms with Crippen LogP contribution in [0.2, 0.25) is 0 Å². The first-order valence-corrected chi connectivity index (χ1v) is 9.35. The molecule has 3 nitrogen and oxygen atoms in total. The molecule has 0 radical (unpaired) electrons. The largest absolute Gasteiger partial charge is 0.461 e. The normalized spacial score (nSPS) is 14.1. The molecule has 140 valence electrons. The van der Waals surface area contributed by atoms with Gasteiger partial charge in [-0.3, -0.25) is 4.79 Å². The Labute approximate surface area is 158 Å². The minimum absolute atomic E-state index is 0.231. The lowest BCUT2D eigenvalue weighted by Gasteiger charge is -2.46. The predicted octanol–water partition coefficient (Wildman–Crippen LogP) is 4.51. The molecule has 0 aliphatic rings. The maximum absolute atomic E-state index is 11.9. The van der Waals surface area contributed by atoms with Crippen molar-refractivity contribution >= 4 is 5.97 Å². The summed E-state index contributed by atoms with van der Waals surface area (Å²) in [7, 11) is 4.17. The molecule has 2 aromatic rings.